The fraction of sp³-hybridized carbons (Fsp3) is 0.125. The molecule has 142 valence electrons. The van der Waals surface area contributed by atoms with E-state index in [1.54, 1.807) is 12.4 Å². The van der Waals surface area contributed by atoms with E-state index in [0.717, 1.165) is 30.0 Å². The maximum absolute atomic E-state index is 14.0. The van der Waals surface area contributed by atoms with Crippen molar-refractivity contribution < 1.29 is 31.1 Å². The number of aliphatic imine (C=N–C) groups is 1. The molecule has 0 bridgehead atoms. The number of amidine groups is 1. The van der Waals surface area contributed by atoms with E-state index >= 15 is 0 Å². The average molecular weight is 405 g/mol. The number of benzene rings is 2. The predicted molar refractivity (Wildman–Crippen MR) is 87.2 cm³/mol. The summed E-state index contributed by atoms with van der Waals surface area (Å²) in [5.41, 5.74) is -1.65. The van der Waals surface area contributed by atoms with E-state index in [1.807, 2.05) is 0 Å². The lowest BCUT2D eigenvalue weighted by Crippen LogP contribution is -2.12. The zero-order valence-electron chi connectivity index (χ0n) is 13.4. The van der Waals surface area contributed by atoms with Gasteiger partial charge < -0.3 is 4.74 Å². The Labute approximate surface area is 153 Å². The summed E-state index contributed by atoms with van der Waals surface area (Å²) >= 11 is 1.01. The van der Waals surface area contributed by atoms with Crippen molar-refractivity contribution >= 4 is 22.6 Å². The van der Waals surface area contributed by atoms with Crippen LogP contribution in [-0.2, 0) is 6.18 Å². The Hall–Kier alpha value is -2.87. The van der Waals surface area contributed by atoms with E-state index in [1.165, 1.54) is 0 Å². The summed E-state index contributed by atoms with van der Waals surface area (Å²) in [6.45, 7) is 0. The molecule has 1 N–H and O–H groups in total. The lowest BCUT2D eigenvalue weighted by atomic mass is 10.2. The molecule has 4 nitrogen and oxygen atoms in total. The van der Waals surface area contributed by atoms with Gasteiger partial charge in [-0.1, -0.05) is 11.8 Å². The van der Waals surface area contributed by atoms with Crippen molar-refractivity contribution in [1.82, 2.24) is 5.32 Å². The molecule has 0 heterocycles. The van der Waals surface area contributed by atoms with Crippen LogP contribution in [-0.4, -0.2) is 11.4 Å². The van der Waals surface area contributed by atoms with Gasteiger partial charge in [-0.3, -0.25) is 5.32 Å². The molecule has 0 fully saturated rings. The number of nitriles is 1. The summed E-state index contributed by atoms with van der Waals surface area (Å²) in [4.78, 5) is 3.95. The summed E-state index contributed by atoms with van der Waals surface area (Å²) < 4.78 is 84.2. The van der Waals surface area contributed by atoms with Gasteiger partial charge >= 0.3 is 6.18 Å². The summed E-state index contributed by atoms with van der Waals surface area (Å²) in [6, 6.07) is 2.96. The third-order valence-electron chi connectivity index (χ3n) is 3.04. The number of hydrogen-bond acceptors (Lipinski definition) is 4. The average Bonchev–Trinajstić information content (AvgIpc) is 2.58. The Morgan fingerprint density at radius 3 is 2.30 bits per heavy atom. The van der Waals surface area contributed by atoms with Gasteiger partial charge in [-0.05, 0) is 30.5 Å². The van der Waals surface area contributed by atoms with Crippen LogP contribution in [0.25, 0.3) is 0 Å². The first kappa shape index (κ1) is 20.4. The maximum atomic E-state index is 14.0. The molecule has 0 spiro atoms. The highest BCUT2D eigenvalue weighted by molar-refractivity contribution is 8.13. The van der Waals surface area contributed by atoms with Crippen LogP contribution in [0, 0.1) is 28.9 Å². The molecule has 2 rings (SSSR count). The van der Waals surface area contributed by atoms with Gasteiger partial charge in [0.25, 0.3) is 0 Å². The van der Waals surface area contributed by atoms with Crippen molar-refractivity contribution in [3.8, 4) is 17.7 Å². The number of nitrogens with zero attached hydrogens (tertiary/aromatic N) is 2. The molecule has 0 radical (unpaired) electrons. The smallest absolute Gasteiger partial charge is 0.416 e. The number of rotatable bonds is 3. The molecule has 0 aliphatic rings. The van der Waals surface area contributed by atoms with E-state index < -0.39 is 40.7 Å². The lowest BCUT2D eigenvalue weighted by molar-refractivity contribution is -0.138. The largest absolute Gasteiger partial charge is 0.449 e. The van der Waals surface area contributed by atoms with Crippen LogP contribution in [0.3, 0.4) is 0 Å². The van der Waals surface area contributed by atoms with Crippen LogP contribution in [0.1, 0.15) is 5.56 Å². The van der Waals surface area contributed by atoms with Crippen molar-refractivity contribution in [1.29, 1.82) is 5.26 Å². The summed E-state index contributed by atoms with van der Waals surface area (Å²) in [6.07, 6.45) is -1.77. The van der Waals surface area contributed by atoms with Crippen LogP contribution < -0.4 is 10.1 Å². The normalized spacial score (nSPS) is 11.9. The Morgan fingerprint density at radius 1 is 1.15 bits per heavy atom. The van der Waals surface area contributed by atoms with Crippen molar-refractivity contribution in [2.75, 3.05) is 6.26 Å². The van der Waals surface area contributed by atoms with Crippen LogP contribution in [0.15, 0.2) is 35.3 Å². The van der Waals surface area contributed by atoms with Crippen LogP contribution in [0.4, 0.5) is 32.0 Å². The fourth-order valence-electron chi connectivity index (χ4n) is 1.87. The van der Waals surface area contributed by atoms with Crippen molar-refractivity contribution in [3.05, 3.63) is 53.3 Å². The maximum Gasteiger partial charge on any atom is 0.416 e. The van der Waals surface area contributed by atoms with E-state index in [0.29, 0.717) is 0 Å². The molecule has 2 aromatic carbocycles. The van der Waals surface area contributed by atoms with E-state index in [9.17, 15) is 26.3 Å². The first-order valence-corrected chi connectivity index (χ1v) is 8.19. The molecule has 11 heteroatoms. The molecular formula is C16H9F6N3OS. The highest BCUT2D eigenvalue weighted by Crippen LogP contribution is 2.38. The lowest BCUT2D eigenvalue weighted by Gasteiger charge is -2.13. The van der Waals surface area contributed by atoms with Crippen molar-refractivity contribution in [2.45, 2.75) is 6.18 Å². The topological polar surface area (TPSA) is 57.4 Å². The number of hydrogen-bond donors (Lipinski definition) is 1. The zero-order valence-corrected chi connectivity index (χ0v) is 14.2. The molecule has 0 aromatic heterocycles. The predicted octanol–water partition coefficient (Wildman–Crippen LogP) is 5.34. The van der Waals surface area contributed by atoms with Crippen LogP contribution >= 0.6 is 11.8 Å². The van der Waals surface area contributed by atoms with Gasteiger partial charge in [0.1, 0.15) is 11.5 Å². The number of nitrogens with one attached hydrogen (secondary N) is 1. The monoisotopic (exact) mass is 405 g/mol. The number of thioether (sulfide) groups is 1. The molecule has 0 aliphatic carbocycles. The minimum absolute atomic E-state index is 0.0607. The first-order chi connectivity index (χ1) is 12.7. The van der Waals surface area contributed by atoms with Gasteiger partial charge in [0, 0.05) is 6.07 Å². The van der Waals surface area contributed by atoms with E-state index in [4.69, 9.17) is 10.00 Å². The molecule has 27 heavy (non-hydrogen) atoms. The molecule has 0 atom stereocenters. The molecule has 0 saturated heterocycles. The van der Waals surface area contributed by atoms with Gasteiger partial charge in [-0.2, -0.15) is 18.4 Å². The van der Waals surface area contributed by atoms with Gasteiger partial charge in [0.15, 0.2) is 34.5 Å². The standard InChI is InChI=1S/C16H9F6N3OS/c1-27-15(24-7-23)25-12-3-2-9(17)6-13(12)26-14-10(18)4-8(5-11(14)19)16(20,21)22/h2-6H,1H3,(H,24,25). The van der Waals surface area contributed by atoms with Gasteiger partial charge in [0.2, 0.25) is 0 Å². The number of halogens is 6. The molecule has 0 amide bonds. The van der Waals surface area contributed by atoms with Gasteiger partial charge in [0.05, 0.1) is 5.56 Å². The van der Waals surface area contributed by atoms with Crippen molar-refractivity contribution in [2.24, 2.45) is 4.99 Å². The van der Waals surface area contributed by atoms with Gasteiger partial charge in [-0.25, -0.2) is 18.2 Å². The Kier molecular flexibility index (Phi) is 6.22. The molecule has 2 aromatic rings. The van der Waals surface area contributed by atoms with Crippen LogP contribution in [0.5, 0.6) is 11.5 Å². The van der Waals surface area contributed by atoms with E-state index in [-0.39, 0.29) is 23.0 Å². The highest BCUT2D eigenvalue weighted by Gasteiger charge is 2.33. The molecular weight excluding hydrogens is 396 g/mol. The Morgan fingerprint density at radius 2 is 1.78 bits per heavy atom. The number of alkyl halides is 3. The summed E-state index contributed by atoms with van der Waals surface area (Å²) in [5.74, 6) is -5.69. The second-order valence-corrected chi connectivity index (χ2v) is 5.63. The summed E-state index contributed by atoms with van der Waals surface area (Å²) in [5, 5.41) is 10.9. The second kappa shape index (κ2) is 8.22. The fourth-order valence-corrected chi connectivity index (χ4v) is 2.21. The zero-order chi connectivity index (χ0) is 20.2. The van der Waals surface area contributed by atoms with E-state index in [2.05, 4.69) is 10.3 Å². The molecule has 0 unspecified atom stereocenters. The Bertz CT molecular complexity index is 900. The van der Waals surface area contributed by atoms with Crippen molar-refractivity contribution in [3.63, 3.8) is 0 Å². The quantitative estimate of drug-likeness (QED) is 0.246. The Balaban J connectivity index is 2.49. The third-order valence-corrected chi connectivity index (χ3v) is 3.62. The van der Waals surface area contributed by atoms with Crippen LogP contribution in [0.2, 0.25) is 0 Å². The highest BCUT2D eigenvalue weighted by atomic mass is 32.2. The van der Waals surface area contributed by atoms with Gasteiger partial charge in [-0.15, -0.1) is 0 Å². The number of ether oxygens (including phenoxy) is 1. The minimum Gasteiger partial charge on any atom is -0.449 e. The SMILES string of the molecule is CSC(=Nc1ccc(F)cc1Oc1c(F)cc(C(F)(F)F)cc1F)NC#N. The minimum atomic E-state index is -4.95. The molecule has 0 aliphatic heterocycles. The second-order valence-electron chi connectivity index (χ2n) is 4.84. The first-order valence-electron chi connectivity index (χ1n) is 6.97. The molecule has 0 saturated carbocycles. The summed E-state index contributed by atoms with van der Waals surface area (Å²) in [7, 11) is 0. The third kappa shape index (κ3) is 5.07.